The van der Waals surface area contributed by atoms with Crippen molar-refractivity contribution in [3.8, 4) is 67.0 Å². The predicted molar refractivity (Wildman–Crippen MR) is 271 cm³/mol. The highest BCUT2D eigenvalue weighted by atomic mass is 15.0. The minimum Gasteiger partial charge on any atom is -0.309 e. The van der Waals surface area contributed by atoms with Crippen molar-refractivity contribution in [2.75, 3.05) is 0 Å². The number of aromatic nitrogens is 2. The summed E-state index contributed by atoms with van der Waals surface area (Å²) in [6, 6.07) is 85.3. The molecule has 14 rings (SSSR count). The van der Waals surface area contributed by atoms with Crippen molar-refractivity contribution in [1.82, 2.24) is 9.13 Å². The van der Waals surface area contributed by atoms with Crippen LogP contribution in [0.25, 0.3) is 132 Å². The van der Waals surface area contributed by atoms with Crippen LogP contribution in [-0.2, 0) is 0 Å². The first-order valence-corrected chi connectivity index (χ1v) is 22.2. The normalized spacial score (nSPS) is 12.1. The minimum atomic E-state index is 1.14. The number of hydrogen-bond donors (Lipinski definition) is 0. The number of benzene rings is 11. The second kappa shape index (κ2) is 13.5. The molecule has 0 bridgehead atoms. The molecule has 13 aromatic rings. The van der Waals surface area contributed by atoms with Gasteiger partial charge in [0, 0.05) is 38.3 Å². The summed E-state index contributed by atoms with van der Waals surface area (Å²) >= 11 is 0. The highest BCUT2D eigenvalue weighted by Crippen LogP contribution is 2.48. The number of para-hydroxylation sites is 2. The average molecular weight is 811 g/mol. The summed E-state index contributed by atoms with van der Waals surface area (Å²) in [5, 5.41) is 10.2. The molecular formula is C62H38N2. The maximum atomic E-state index is 2.49. The van der Waals surface area contributed by atoms with Crippen LogP contribution in [0.4, 0.5) is 0 Å². The molecule has 2 heteroatoms. The molecule has 11 aromatic carbocycles. The second-order valence-corrected chi connectivity index (χ2v) is 17.3. The number of fused-ring (bicyclic) bond motifs is 11. The first-order valence-electron chi connectivity index (χ1n) is 22.2. The van der Waals surface area contributed by atoms with Gasteiger partial charge >= 0.3 is 0 Å². The van der Waals surface area contributed by atoms with Crippen molar-refractivity contribution in [2.45, 2.75) is 0 Å². The third-order valence-electron chi connectivity index (χ3n) is 13.8. The van der Waals surface area contributed by atoms with Gasteiger partial charge in [0.05, 0.1) is 22.1 Å². The van der Waals surface area contributed by atoms with Gasteiger partial charge in [-0.1, -0.05) is 170 Å². The Bertz CT molecular complexity index is 4050. The zero-order valence-electron chi connectivity index (χ0n) is 34.8. The van der Waals surface area contributed by atoms with E-state index < -0.39 is 0 Å². The Hall–Kier alpha value is -8.46. The molecule has 0 spiro atoms. The van der Waals surface area contributed by atoms with E-state index in [0.29, 0.717) is 0 Å². The monoisotopic (exact) mass is 810 g/mol. The number of nitrogens with zero attached hydrogens (tertiary/aromatic N) is 2. The molecule has 2 nitrogen and oxygen atoms in total. The molecule has 0 saturated carbocycles. The van der Waals surface area contributed by atoms with Gasteiger partial charge < -0.3 is 9.13 Å². The summed E-state index contributed by atoms with van der Waals surface area (Å²) in [5.74, 6) is 0. The van der Waals surface area contributed by atoms with Gasteiger partial charge in [0.1, 0.15) is 0 Å². The van der Waals surface area contributed by atoms with E-state index in [1.54, 1.807) is 0 Å². The lowest BCUT2D eigenvalue weighted by atomic mass is 9.95. The third-order valence-corrected chi connectivity index (χ3v) is 13.8. The van der Waals surface area contributed by atoms with Crippen molar-refractivity contribution >= 4 is 65.2 Å². The van der Waals surface area contributed by atoms with Crippen molar-refractivity contribution in [3.05, 3.63) is 231 Å². The van der Waals surface area contributed by atoms with Gasteiger partial charge in [0.25, 0.3) is 0 Å². The van der Waals surface area contributed by atoms with E-state index in [0.717, 1.165) is 5.69 Å². The van der Waals surface area contributed by atoms with Crippen LogP contribution in [0.5, 0.6) is 0 Å². The molecule has 2 aromatic heterocycles. The van der Waals surface area contributed by atoms with Crippen molar-refractivity contribution in [1.29, 1.82) is 0 Å². The Kier molecular flexibility index (Phi) is 7.43. The lowest BCUT2D eigenvalue weighted by molar-refractivity contribution is 1.18. The lowest BCUT2D eigenvalue weighted by Gasteiger charge is -2.13. The third kappa shape index (κ3) is 5.14. The predicted octanol–water partition coefficient (Wildman–Crippen LogP) is 16.8. The maximum absolute atomic E-state index is 2.49. The molecule has 0 amide bonds. The Balaban J connectivity index is 0.885. The minimum absolute atomic E-state index is 1.14. The van der Waals surface area contributed by atoms with Crippen LogP contribution >= 0.6 is 0 Å². The quantitative estimate of drug-likeness (QED) is 0.164. The number of rotatable bonds is 5. The molecule has 1 aliphatic rings. The van der Waals surface area contributed by atoms with E-state index in [4.69, 9.17) is 0 Å². The van der Waals surface area contributed by atoms with Crippen LogP contribution in [0.1, 0.15) is 0 Å². The molecule has 0 atom stereocenters. The summed E-state index contributed by atoms with van der Waals surface area (Å²) in [7, 11) is 0. The van der Waals surface area contributed by atoms with Gasteiger partial charge in [-0.3, -0.25) is 0 Å². The molecule has 296 valence electrons. The van der Waals surface area contributed by atoms with Gasteiger partial charge in [-0.05, 0) is 132 Å². The van der Waals surface area contributed by atoms with Crippen LogP contribution in [0.2, 0.25) is 0 Å². The highest BCUT2D eigenvalue weighted by molar-refractivity contribution is 6.20. The molecule has 64 heavy (non-hydrogen) atoms. The average Bonchev–Trinajstić information content (AvgIpc) is 4.00. The fourth-order valence-corrected chi connectivity index (χ4v) is 10.9. The Morgan fingerprint density at radius 3 is 1.67 bits per heavy atom. The Morgan fingerprint density at radius 2 is 0.812 bits per heavy atom. The fourth-order valence-electron chi connectivity index (χ4n) is 10.9. The van der Waals surface area contributed by atoms with Gasteiger partial charge in [-0.15, -0.1) is 0 Å². The van der Waals surface area contributed by atoms with E-state index in [-0.39, 0.29) is 0 Å². The first-order chi connectivity index (χ1) is 31.7. The van der Waals surface area contributed by atoms with Gasteiger partial charge in [0.15, 0.2) is 0 Å². The molecule has 0 radical (unpaired) electrons. The second-order valence-electron chi connectivity index (χ2n) is 17.3. The first kappa shape index (κ1) is 35.2. The molecule has 0 unspecified atom stereocenters. The molecule has 0 aliphatic heterocycles. The highest BCUT2D eigenvalue weighted by Gasteiger charge is 2.22. The molecule has 0 saturated heterocycles. The smallest absolute Gasteiger partial charge is 0.0619 e. The van der Waals surface area contributed by atoms with Crippen LogP contribution in [0, 0.1) is 0 Å². The van der Waals surface area contributed by atoms with Gasteiger partial charge in [0.2, 0.25) is 0 Å². The summed E-state index contributed by atoms with van der Waals surface area (Å²) in [4.78, 5) is 0. The van der Waals surface area contributed by atoms with E-state index in [1.165, 1.54) is 126 Å². The molecular weight excluding hydrogens is 773 g/mol. The fraction of sp³-hybridized carbons (Fsp3) is 0. The maximum Gasteiger partial charge on any atom is 0.0619 e. The zero-order chi connectivity index (χ0) is 41.9. The van der Waals surface area contributed by atoms with E-state index >= 15 is 0 Å². The summed E-state index contributed by atoms with van der Waals surface area (Å²) in [6.45, 7) is 0. The number of hydrogen-bond acceptors (Lipinski definition) is 0. The Morgan fingerprint density at radius 1 is 0.234 bits per heavy atom. The topological polar surface area (TPSA) is 9.86 Å². The van der Waals surface area contributed by atoms with Crippen molar-refractivity contribution in [2.24, 2.45) is 0 Å². The van der Waals surface area contributed by atoms with Crippen LogP contribution < -0.4 is 0 Å². The molecule has 0 fully saturated rings. The van der Waals surface area contributed by atoms with Crippen molar-refractivity contribution < 1.29 is 0 Å². The van der Waals surface area contributed by atoms with Crippen LogP contribution in [-0.4, -0.2) is 9.13 Å². The zero-order valence-corrected chi connectivity index (χ0v) is 34.8. The van der Waals surface area contributed by atoms with E-state index in [1.807, 2.05) is 0 Å². The molecule has 2 heterocycles. The van der Waals surface area contributed by atoms with Crippen LogP contribution in [0.3, 0.4) is 0 Å². The van der Waals surface area contributed by atoms with Gasteiger partial charge in [-0.2, -0.15) is 0 Å². The SMILES string of the molecule is c1ccc(-n2c3ccccc3c3cc(-c4ccc5c6ccc7ccccc7c6n(-c6ccc(-c7cccc(-c8ccc9c(c8)-c8cccc%10cccc-9c8%10)c7)cc6)c5c4)ccc32)cc1. The largest absolute Gasteiger partial charge is 0.309 e. The summed E-state index contributed by atoms with van der Waals surface area (Å²) in [6.07, 6.45) is 0. The summed E-state index contributed by atoms with van der Waals surface area (Å²) in [5.41, 5.74) is 19.7. The van der Waals surface area contributed by atoms with E-state index in [9.17, 15) is 0 Å². The van der Waals surface area contributed by atoms with Crippen LogP contribution in [0.15, 0.2) is 231 Å². The van der Waals surface area contributed by atoms with Gasteiger partial charge in [-0.25, -0.2) is 0 Å². The molecule has 0 N–H and O–H groups in total. The van der Waals surface area contributed by atoms with E-state index in [2.05, 4.69) is 240 Å². The summed E-state index contributed by atoms with van der Waals surface area (Å²) < 4.78 is 4.87. The standard InChI is InChI=1S/C62H38N2/c1-2-16-47(17-3-1)63-58-22-7-6-19-51(58)57-37-45(28-34-59(57)63)46-27-32-52-55-33-25-40-11-4-5-18-49(40)62(55)64(60(52)38-46)48-29-23-39(24-30-48)42-14-8-15-43(35-42)44-26-31-50-53-20-9-12-41-13-10-21-54(61(41)53)56(50)36-44/h1-38H. The Labute approximate surface area is 370 Å². The van der Waals surface area contributed by atoms with Crippen molar-refractivity contribution in [3.63, 3.8) is 0 Å². The lowest BCUT2D eigenvalue weighted by Crippen LogP contribution is -1.95. The molecule has 1 aliphatic carbocycles.